The molecule has 0 saturated heterocycles. The normalized spacial score (nSPS) is 13.1. The molecular formula is C23H28N2O3. The van der Waals surface area contributed by atoms with Crippen LogP contribution in [0.3, 0.4) is 0 Å². The zero-order chi connectivity index (χ0) is 19.9. The van der Waals surface area contributed by atoms with Crippen LogP contribution in [0.15, 0.2) is 48.5 Å². The molecule has 0 radical (unpaired) electrons. The van der Waals surface area contributed by atoms with E-state index in [2.05, 4.69) is 36.5 Å². The summed E-state index contributed by atoms with van der Waals surface area (Å²) in [4.78, 5) is 26.8. The predicted molar refractivity (Wildman–Crippen MR) is 109 cm³/mol. The monoisotopic (exact) mass is 380 g/mol. The summed E-state index contributed by atoms with van der Waals surface area (Å²) in [6.45, 7) is 3.22. The fourth-order valence-corrected chi connectivity index (χ4v) is 3.13. The van der Waals surface area contributed by atoms with Crippen molar-refractivity contribution in [3.8, 4) is 5.75 Å². The Morgan fingerprint density at radius 2 is 1.75 bits per heavy atom. The maximum absolute atomic E-state index is 12.7. The van der Waals surface area contributed by atoms with E-state index in [9.17, 15) is 9.59 Å². The van der Waals surface area contributed by atoms with Crippen LogP contribution in [0.25, 0.3) is 0 Å². The molecule has 1 aliphatic carbocycles. The maximum Gasteiger partial charge on any atom is 0.251 e. The first-order valence-corrected chi connectivity index (χ1v) is 9.84. The third-order valence-electron chi connectivity index (χ3n) is 4.99. The van der Waals surface area contributed by atoms with E-state index in [4.69, 9.17) is 4.74 Å². The first-order chi connectivity index (χ1) is 13.6. The summed E-state index contributed by atoms with van der Waals surface area (Å²) in [6.07, 6.45) is 3.26. The fourth-order valence-electron chi connectivity index (χ4n) is 3.13. The highest BCUT2D eigenvalue weighted by Gasteiger charge is 2.32. The number of aryl methyl sites for hydroxylation is 1. The Balaban J connectivity index is 1.44. The summed E-state index contributed by atoms with van der Waals surface area (Å²) in [5.41, 5.74) is 2.98. The molecule has 148 valence electrons. The Morgan fingerprint density at radius 3 is 2.36 bits per heavy atom. The van der Waals surface area contributed by atoms with Crippen molar-refractivity contribution in [2.75, 3.05) is 13.7 Å². The Morgan fingerprint density at radius 1 is 1.07 bits per heavy atom. The van der Waals surface area contributed by atoms with Crippen LogP contribution in [0.5, 0.6) is 5.75 Å². The first-order valence-electron chi connectivity index (χ1n) is 9.84. The molecule has 2 aromatic carbocycles. The Kier molecular flexibility index (Phi) is 6.69. The van der Waals surface area contributed by atoms with E-state index in [0.717, 1.165) is 18.6 Å². The summed E-state index contributed by atoms with van der Waals surface area (Å²) in [7, 11) is 1.59. The highest BCUT2D eigenvalue weighted by molar-refractivity contribution is 5.94. The molecule has 0 aliphatic heterocycles. The molecule has 5 heteroatoms. The van der Waals surface area contributed by atoms with Crippen LogP contribution in [0.1, 0.15) is 47.2 Å². The van der Waals surface area contributed by atoms with Gasteiger partial charge in [0.2, 0.25) is 5.91 Å². The van der Waals surface area contributed by atoms with Gasteiger partial charge in [0.25, 0.3) is 5.91 Å². The minimum Gasteiger partial charge on any atom is -0.497 e. The predicted octanol–water partition coefficient (Wildman–Crippen LogP) is 3.70. The molecule has 0 atom stereocenters. The van der Waals surface area contributed by atoms with Gasteiger partial charge in [-0.15, -0.1) is 0 Å². The maximum atomic E-state index is 12.7. The van der Waals surface area contributed by atoms with Gasteiger partial charge in [0.1, 0.15) is 5.75 Å². The number of amides is 2. The molecule has 28 heavy (non-hydrogen) atoms. The molecule has 0 bridgehead atoms. The molecule has 0 aromatic heterocycles. The van der Waals surface area contributed by atoms with E-state index in [1.165, 1.54) is 11.1 Å². The molecule has 1 saturated carbocycles. The Labute approximate surface area is 166 Å². The lowest BCUT2D eigenvalue weighted by Crippen LogP contribution is -2.33. The van der Waals surface area contributed by atoms with Crippen molar-refractivity contribution in [3.05, 3.63) is 65.2 Å². The first kappa shape index (κ1) is 19.9. The topological polar surface area (TPSA) is 58.6 Å². The molecule has 0 unspecified atom stereocenters. The summed E-state index contributed by atoms with van der Waals surface area (Å²) in [5, 5.41) is 2.88. The standard InChI is InChI=1S/C23H28N2O3/c1-17-5-7-18(8-6-17)16-25(20-11-12-20)22(26)4-3-15-24-23(27)19-9-13-21(28-2)14-10-19/h5-10,13-14,20H,3-4,11-12,15-16H2,1-2H3,(H,24,27). The van der Waals surface area contributed by atoms with Crippen LogP contribution in [0, 0.1) is 6.92 Å². The number of benzene rings is 2. The van der Waals surface area contributed by atoms with E-state index >= 15 is 0 Å². The average molecular weight is 380 g/mol. The third-order valence-corrected chi connectivity index (χ3v) is 4.99. The van der Waals surface area contributed by atoms with Gasteiger partial charge < -0.3 is 15.0 Å². The molecule has 1 fully saturated rings. The number of ether oxygens (including phenoxy) is 1. The van der Waals surface area contributed by atoms with E-state index in [0.29, 0.717) is 37.5 Å². The molecule has 0 heterocycles. The van der Waals surface area contributed by atoms with Gasteiger partial charge in [-0.3, -0.25) is 9.59 Å². The lowest BCUT2D eigenvalue weighted by molar-refractivity contribution is -0.132. The second-order valence-electron chi connectivity index (χ2n) is 7.33. The second-order valence-corrected chi connectivity index (χ2v) is 7.33. The zero-order valence-electron chi connectivity index (χ0n) is 16.6. The van der Waals surface area contributed by atoms with Crippen molar-refractivity contribution in [3.63, 3.8) is 0 Å². The minimum absolute atomic E-state index is 0.131. The van der Waals surface area contributed by atoms with Gasteiger partial charge in [-0.2, -0.15) is 0 Å². The van der Waals surface area contributed by atoms with Gasteiger partial charge in [0, 0.05) is 31.1 Å². The van der Waals surface area contributed by atoms with Crippen molar-refractivity contribution in [2.45, 2.75) is 45.2 Å². The Hall–Kier alpha value is -2.82. The van der Waals surface area contributed by atoms with Gasteiger partial charge in [0.05, 0.1) is 7.11 Å². The number of carbonyl (C=O) groups is 2. The van der Waals surface area contributed by atoms with Crippen molar-refractivity contribution in [1.82, 2.24) is 10.2 Å². The van der Waals surface area contributed by atoms with Crippen molar-refractivity contribution in [2.24, 2.45) is 0 Å². The molecule has 1 aliphatic rings. The molecule has 2 amide bonds. The summed E-state index contributed by atoms with van der Waals surface area (Å²) in [5.74, 6) is 0.756. The summed E-state index contributed by atoms with van der Waals surface area (Å²) < 4.78 is 5.10. The van der Waals surface area contributed by atoms with Crippen molar-refractivity contribution >= 4 is 11.8 Å². The number of nitrogens with one attached hydrogen (secondary N) is 1. The van der Waals surface area contributed by atoms with Crippen LogP contribution in [-0.2, 0) is 11.3 Å². The van der Waals surface area contributed by atoms with Crippen LogP contribution >= 0.6 is 0 Å². The average Bonchev–Trinajstić information content (AvgIpc) is 3.55. The van der Waals surface area contributed by atoms with Crippen LogP contribution in [0.2, 0.25) is 0 Å². The largest absolute Gasteiger partial charge is 0.497 e. The lowest BCUT2D eigenvalue weighted by atomic mass is 10.1. The highest BCUT2D eigenvalue weighted by Crippen LogP contribution is 2.29. The van der Waals surface area contributed by atoms with Crippen LogP contribution in [-0.4, -0.2) is 36.4 Å². The van der Waals surface area contributed by atoms with Gasteiger partial charge in [0.15, 0.2) is 0 Å². The van der Waals surface area contributed by atoms with Gasteiger partial charge in [-0.05, 0) is 56.0 Å². The van der Waals surface area contributed by atoms with Gasteiger partial charge in [-0.25, -0.2) is 0 Å². The zero-order valence-corrected chi connectivity index (χ0v) is 16.6. The van der Waals surface area contributed by atoms with Crippen LogP contribution in [0.4, 0.5) is 0 Å². The number of rotatable bonds is 9. The molecule has 1 N–H and O–H groups in total. The fraction of sp³-hybridized carbons (Fsp3) is 0.391. The SMILES string of the molecule is COc1ccc(C(=O)NCCCC(=O)N(Cc2ccc(C)cc2)C2CC2)cc1. The lowest BCUT2D eigenvalue weighted by Gasteiger charge is -2.23. The summed E-state index contributed by atoms with van der Waals surface area (Å²) >= 11 is 0. The van der Waals surface area contributed by atoms with E-state index in [1.54, 1.807) is 31.4 Å². The third kappa shape index (κ3) is 5.59. The minimum atomic E-state index is -0.131. The molecule has 5 nitrogen and oxygen atoms in total. The number of nitrogens with zero attached hydrogens (tertiary/aromatic N) is 1. The molecular weight excluding hydrogens is 352 g/mol. The van der Waals surface area contributed by atoms with E-state index < -0.39 is 0 Å². The second kappa shape index (κ2) is 9.40. The molecule has 0 spiro atoms. The number of carbonyl (C=O) groups excluding carboxylic acids is 2. The van der Waals surface area contributed by atoms with Gasteiger partial charge in [-0.1, -0.05) is 29.8 Å². The Bertz CT molecular complexity index is 796. The summed E-state index contributed by atoms with van der Waals surface area (Å²) in [6, 6.07) is 15.7. The van der Waals surface area contributed by atoms with Crippen molar-refractivity contribution < 1.29 is 14.3 Å². The number of methoxy groups -OCH3 is 1. The van der Waals surface area contributed by atoms with Crippen molar-refractivity contribution in [1.29, 1.82) is 0 Å². The molecule has 2 aromatic rings. The van der Waals surface area contributed by atoms with E-state index in [-0.39, 0.29) is 11.8 Å². The highest BCUT2D eigenvalue weighted by atomic mass is 16.5. The van der Waals surface area contributed by atoms with E-state index in [1.807, 2.05) is 4.90 Å². The molecule has 3 rings (SSSR count). The van der Waals surface area contributed by atoms with Crippen LogP contribution < -0.4 is 10.1 Å². The van der Waals surface area contributed by atoms with Gasteiger partial charge >= 0.3 is 0 Å². The number of hydrogen-bond acceptors (Lipinski definition) is 3. The smallest absolute Gasteiger partial charge is 0.251 e. The number of hydrogen-bond donors (Lipinski definition) is 1. The quantitative estimate of drug-likeness (QED) is 0.675.